The topological polar surface area (TPSA) is 67.8 Å². The number of hydrogen-bond donors (Lipinski definition) is 2. The van der Waals surface area contributed by atoms with Crippen molar-refractivity contribution in [2.45, 2.75) is 19.9 Å². The average Bonchev–Trinajstić information content (AvgIpc) is 2.65. The molecule has 0 atom stereocenters. The highest BCUT2D eigenvalue weighted by molar-refractivity contribution is 5.79. The number of pyridine rings is 1. The van der Waals surface area contributed by atoms with Gasteiger partial charge in [0.1, 0.15) is 0 Å². The third kappa shape index (κ3) is 5.38. The number of aryl methyl sites for hydroxylation is 1. The number of aromatic nitrogens is 1. The molecule has 2 N–H and O–H groups in total. The van der Waals surface area contributed by atoms with E-state index < -0.39 is 0 Å². The molecule has 0 amide bonds. The lowest BCUT2D eigenvalue weighted by molar-refractivity contribution is 0.354. The summed E-state index contributed by atoms with van der Waals surface area (Å²) in [4.78, 5) is 8.38. The van der Waals surface area contributed by atoms with Gasteiger partial charge in [0.2, 0.25) is 0 Å². The number of hydrogen-bond acceptors (Lipinski definition) is 4. The summed E-state index contributed by atoms with van der Waals surface area (Å²) in [7, 11) is 5.03. The van der Waals surface area contributed by atoms with Crippen LogP contribution in [-0.2, 0) is 13.0 Å². The molecule has 2 aromatic rings. The van der Waals surface area contributed by atoms with E-state index in [1.54, 1.807) is 21.3 Å². The van der Waals surface area contributed by atoms with Crippen molar-refractivity contribution in [3.63, 3.8) is 0 Å². The molecule has 6 nitrogen and oxygen atoms in total. The lowest BCUT2D eigenvalue weighted by atomic mass is 10.1. The molecule has 0 aliphatic heterocycles. The number of rotatable bonds is 7. The van der Waals surface area contributed by atoms with Crippen LogP contribution in [0.1, 0.15) is 16.7 Å². The summed E-state index contributed by atoms with van der Waals surface area (Å²) in [6.07, 6.45) is 4.64. The molecular formula is C19H26N4O2. The maximum Gasteiger partial charge on any atom is 0.191 e. The minimum atomic E-state index is 0.647. The van der Waals surface area contributed by atoms with Crippen LogP contribution in [0.4, 0.5) is 0 Å². The van der Waals surface area contributed by atoms with Gasteiger partial charge in [0, 0.05) is 32.5 Å². The standard InChI is InChI=1S/C19H26N4O2/c1-14-12-21-9-7-16(14)8-10-22-19(20-2)23-13-15-5-6-17(24-3)18(11-15)25-4/h5-7,9,11-12H,8,10,13H2,1-4H3,(H2,20,22,23). The third-order valence-electron chi connectivity index (χ3n) is 3.95. The van der Waals surface area contributed by atoms with Crippen molar-refractivity contribution in [1.29, 1.82) is 0 Å². The molecule has 0 unspecified atom stereocenters. The first kappa shape index (κ1) is 18.6. The van der Waals surface area contributed by atoms with Crippen LogP contribution < -0.4 is 20.1 Å². The van der Waals surface area contributed by atoms with Gasteiger partial charge in [-0.25, -0.2) is 0 Å². The minimum Gasteiger partial charge on any atom is -0.493 e. The second-order valence-corrected chi connectivity index (χ2v) is 5.59. The zero-order valence-electron chi connectivity index (χ0n) is 15.3. The van der Waals surface area contributed by atoms with E-state index in [2.05, 4.69) is 33.6 Å². The van der Waals surface area contributed by atoms with Crippen LogP contribution in [0.3, 0.4) is 0 Å². The Kier molecular flexibility index (Phi) is 7.07. The molecule has 25 heavy (non-hydrogen) atoms. The summed E-state index contributed by atoms with van der Waals surface area (Å²) in [6, 6.07) is 7.91. The van der Waals surface area contributed by atoms with Crippen LogP contribution in [0.15, 0.2) is 41.7 Å². The molecular weight excluding hydrogens is 316 g/mol. The Labute approximate surface area is 149 Å². The van der Waals surface area contributed by atoms with Gasteiger partial charge in [0.25, 0.3) is 0 Å². The Morgan fingerprint density at radius 3 is 2.60 bits per heavy atom. The van der Waals surface area contributed by atoms with Gasteiger partial charge in [-0.3, -0.25) is 9.98 Å². The molecule has 6 heteroatoms. The summed E-state index contributed by atoms with van der Waals surface area (Å²) in [5, 5.41) is 6.63. The maximum atomic E-state index is 5.33. The molecule has 2 rings (SSSR count). The Morgan fingerprint density at radius 1 is 1.12 bits per heavy atom. The van der Waals surface area contributed by atoms with Crippen molar-refractivity contribution < 1.29 is 9.47 Å². The highest BCUT2D eigenvalue weighted by Gasteiger charge is 2.05. The second kappa shape index (κ2) is 9.52. The second-order valence-electron chi connectivity index (χ2n) is 5.59. The number of guanidine groups is 1. The molecule has 0 radical (unpaired) electrons. The Bertz CT molecular complexity index is 716. The van der Waals surface area contributed by atoms with E-state index in [0.717, 1.165) is 36.0 Å². The van der Waals surface area contributed by atoms with Crippen molar-refractivity contribution in [2.24, 2.45) is 4.99 Å². The number of nitrogens with one attached hydrogen (secondary N) is 2. The molecule has 134 valence electrons. The lowest BCUT2D eigenvalue weighted by Crippen LogP contribution is -2.37. The van der Waals surface area contributed by atoms with Gasteiger partial charge in [0.15, 0.2) is 17.5 Å². The van der Waals surface area contributed by atoms with Crippen LogP contribution in [-0.4, -0.2) is 38.8 Å². The van der Waals surface area contributed by atoms with Gasteiger partial charge < -0.3 is 20.1 Å². The van der Waals surface area contributed by atoms with Gasteiger partial charge in [-0.2, -0.15) is 0 Å². The molecule has 0 saturated heterocycles. The summed E-state index contributed by atoms with van der Waals surface area (Å²) in [6.45, 7) is 3.53. The van der Waals surface area contributed by atoms with Gasteiger partial charge in [-0.1, -0.05) is 6.07 Å². The van der Waals surface area contributed by atoms with Gasteiger partial charge in [-0.05, 0) is 48.2 Å². The molecule has 0 aliphatic carbocycles. The van der Waals surface area contributed by atoms with E-state index in [4.69, 9.17) is 9.47 Å². The van der Waals surface area contributed by atoms with Crippen molar-refractivity contribution in [3.8, 4) is 11.5 Å². The van der Waals surface area contributed by atoms with Crippen molar-refractivity contribution in [1.82, 2.24) is 15.6 Å². The van der Waals surface area contributed by atoms with E-state index in [0.29, 0.717) is 6.54 Å². The normalized spacial score (nSPS) is 11.1. The highest BCUT2D eigenvalue weighted by atomic mass is 16.5. The first-order chi connectivity index (χ1) is 12.2. The SMILES string of the molecule is CN=C(NCCc1ccncc1C)NCc1ccc(OC)c(OC)c1. The molecule has 0 aliphatic rings. The van der Waals surface area contributed by atoms with Crippen LogP contribution >= 0.6 is 0 Å². The molecule has 1 aromatic carbocycles. The summed E-state index contributed by atoms with van der Waals surface area (Å²) >= 11 is 0. The van der Waals surface area contributed by atoms with Crippen LogP contribution in [0.25, 0.3) is 0 Å². The molecule has 0 spiro atoms. The van der Waals surface area contributed by atoms with Crippen molar-refractivity contribution in [2.75, 3.05) is 27.8 Å². The monoisotopic (exact) mass is 342 g/mol. The quantitative estimate of drug-likeness (QED) is 0.597. The third-order valence-corrected chi connectivity index (χ3v) is 3.95. The fourth-order valence-corrected chi connectivity index (χ4v) is 2.50. The fourth-order valence-electron chi connectivity index (χ4n) is 2.50. The Balaban J connectivity index is 1.85. The van der Waals surface area contributed by atoms with Crippen LogP contribution in [0, 0.1) is 6.92 Å². The fraction of sp³-hybridized carbons (Fsp3) is 0.368. The van der Waals surface area contributed by atoms with Crippen LogP contribution in [0.5, 0.6) is 11.5 Å². The number of aliphatic imine (C=N–C) groups is 1. The molecule has 1 heterocycles. The number of benzene rings is 1. The highest BCUT2D eigenvalue weighted by Crippen LogP contribution is 2.27. The molecule has 0 bridgehead atoms. The largest absolute Gasteiger partial charge is 0.493 e. The van der Waals surface area contributed by atoms with Crippen LogP contribution in [0.2, 0.25) is 0 Å². The summed E-state index contributed by atoms with van der Waals surface area (Å²) in [5.41, 5.74) is 3.58. The van der Waals surface area contributed by atoms with Gasteiger partial charge in [-0.15, -0.1) is 0 Å². The number of nitrogens with zero attached hydrogens (tertiary/aromatic N) is 2. The molecule has 0 fully saturated rings. The smallest absolute Gasteiger partial charge is 0.191 e. The lowest BCUT2D eigenvalue weighted by Gasteiger charge is -2.14. The van der Waals surface area contributed by atoms with Gasteiger partial charge >= 0.3 is 0 Å². The maximum absolute atomic E-state index is 5.33. The summed E-state index contributed by atoms with van der Waals surface area (Å²) < 4.78 is 10.6. The Morgan fingerprint density at radius 2 is 1.92 bits per heavy atom. The predicted octanol–water partition coefficient (Wildman–Crippen LogP) is 2.31. The van der Waals surface area contributed by atoms with E-state index in [1.165, 1.54) is 11.1 Å². The minimum absolute atomic E-state index is 0.647. The number of ether oxygens (including phenoxy) is 2. The first-order valence-electron chi connectivity index (χ1n) is 8.22. The van der Waals surface area contributed by atoms with E-state index in [-0.39, 0.29) is 0 Å². The van der Waals surface area contributed by atoms with Gasteiger partial charge in [0.05, 0.1) is 14.2 Å². The summed E-state index contributed by atoms with van der Waals surface area (Å²) in [5.74, 6) is 2.21. The van der Waals surface area contributed by atoms with E-state index in [1.807, 2.05) is 30.6 Å². The van der Waals surface area contributed by atoms with E-state index in [9.17, 15) is 0 Å². The average molecular weight is 342 g/mol. The zero-order chi connectivity index (χ0) is 18.1. The Hall–Kier alpha value is -2.76. The predicted molar refractivity (Wildman–Crippen MR) is 100 cm³/mol. The van der Waals surface area contributed by atoms with Crippen molar-refractivity contribution in [3.05, 3.63) is 53.3 Å². The molecule has 0 saturated carbocycles. The molecule has 1 aromatic heterocycles. The van der Waals surface area contributed by atoms with Crippen molar-refractivity contribution >= 4 is 5.96 Å². The van der Waals surface area contributed by atoms with E-state index >= 15 is 0 Å². The zero-order valence-corrected chi connectivity index (χ0v) is 15.3. The first-order valence-corrected chi connectivity index (χ1v) is 8.22. The number of methoxy groups -OCH3 is 2.